The molecule has 0 aliphatic heterocycles. The van der Waals surface area contributed by atoms with Gasteiger partial charge in [0.2, 0.25) is 0 Å². The molecule has 0 spiro atoms. The summed E-state index contributed by atoms with van der Waals surface area (Å²) in [7, 11) is 0. The van der Waals surface area contributed by atoms with Gasteiger partial charge in [0.1, 0.15) is 5.82 Å². The van der Waals surface area contributed by atoms with Crippen LogP contribution in [0.25, 0.3) is 0 Å². The van der Waals surface area contributed by atoms with Gasteiger partial charge in [-0.15, -0.1) is 10.2 Å². The summed E-state index contributed by atoms with van der Waals surface area (Å²) in [6.45, 7) is 5.13. The molecule has 18 heavy (non-hydrogen) atoms. The van der Waals surface area contributed by atoms with Crippen LogP contribution >= 0.6 is 11.8 Å². The first-order valence-corrected chi connectivity index (χ1v) is 7.15. The number of hydrogen-bond donors (Lipinski definition) is 2. The average molecular weight is 269 g/mol. The summed E-state index contributed by atoms with van der Waals surface area (Å²) in [6.07, 6.45) is 4.24. The van der Waals surface area contributed by atoms with E-state index in [0.29, 0.717) is 5.82 Å². The first-order chi connectivity index (χ1) is 8.56. The van der Waals surface area contributed by atoms with Crippen molar-refractivity contribution in [3.05, 3.63) is 17.8 Å². The maximum Gasteiger partial charge on any atom is 0.356 e. The third kappa shape index (κ3) is 3.60. The van der Waals surface area contributed by atoms with E-state index in [1.165, 1.54) is 6.07 Å². The number of carbonyl (C=O) groups is 1. The van der Waals surface area contributed by atoms with Crippen LogP contribution in [-0.2, 0) is 0 Å². The van der Waals surface area contributed by atoms with Crippen molar-refractivity contribution in [3.8, 4) is 0 Å². The standard InChI is InChI=1S/C12H19N3O2S/c1-4-12(5-2,18-3)8-13-10-7-6-9(11(16)17)14-15-10/h6-7H,4-5,8H2,1-3H3,(H,13,15)(H,16,17). The summed E-state index contributed by atoms with van der Waals surface area (Å²) in [6, 6.07) is 3.10. The molecule has 0 unspecified atom stereocenters. The number of carboxylic acids is 1. The molecule has 1 rings (SSSR count). The molecule has 0 bridgehead atoms. The second-order valence-corrected chi connectivity index (χ2v) is 5.33. The number of nitrogens with zero attached hydrogens (tertiary/aromatic N) is 2. The van der Waals surface area contributed by atoms with Gasteiger partial charge in [0.05, 0.1) is 0 Å². The lowest BCUT2D eigenvalue weighted by molar-refractivity contribution is 0.0689. The molecule has 100 valence electrons. The van der Waals surface area contributed by atoms with Gasteiger partial charge in [0.15, 0.2) is 5.69 Å². The van der Waals surface area contributed by atoms with Crippen LogP contribution in [0.1, 0.15) is 37.2 Å². The highest BCUT2D eigenvalue weighted by Gasteiger charge is 2.24. The molecule has 0 aliphatic rings. The molecule has 0 aliphatic carbocycles. The van der Waals surface area contributed by atoms with Crippen LogP contribution in [0.2, 0.25) is 0 Å². The Labute approximate surface area is 111 Å². The molecule has 0 atom stereocenters. The van der Waals surface area contributed by atoms with E-state index in [1.54, 1.807) is 6.07 Å². The third-order valence-electron chi connectivity index (χ3n) is 3.20. The van der Waals surface area contributed by atoms with E-state index >= 15 is 0 Å². The average Bonchev–Trinajstić information content (AvgIpc) is 2.41. The molecule has 2 N–H and O–H groups in total. The van der Waals surface area contributed by atoms with E-state index in [-0.39, 0.29) is 10.4 Å². The first kappa shape index (κ1) is 14.8. The summed E-state index contributed by atoms with van der Waals surface area (Å²) in [4.78, 5) is 10.6. The Morgan fingerprint density at radius 3 is 2.44 bits per heavy atom. The number of carboxylic acid groups (broad SMARTS) is 1. The van der Waals surface area contributed by atoms with Gasteiger partial charge in [-0.2, -0.15) is 11.8 Å². The van der Waals surface area contributed by atoms with Crippen molar-refractivity contribution in [2.45, 2.75) is 31.4 Å². The van der Waals surface area contributed by atoms with Crippen molar-refractivity contribution in [3.63, 3.8) is 0 Å². The molecular weight excluding hydrogens is 250 g/mol. The van der Waals surface area contributed by atoms with E-state index in [1.807, 2.05) is 11.8 Å². The molecule has 5 nitrogen and oxygen atoms in total. The van der Waals surface area contributed by atoms with Crippen molar-refractivity contribution in [2.24, 2.45) is 0 Å². The maximum absolute atomic E-state index is 10.6. The Bertz CT molecular complexity index is 383. The van der Waals surface area contributed by atoms with Gasteiger partial charge in [0.25, 0.3) is 0 Å². The minimum atomic E-state index is -1.06. The number of aromatic carboxylic acids is 1. The molecule has 6 heteroatoms. The molecule has 0 radical (unpaired) electrons. The summed E-state index contributed by atoms with van der Waals surface area (Å²) < 4.78 is 0.188. The zero-order valence-electron chi connectivity index (χ0n) is 10.9. The summed E-state index contributed by atoms with van der Waals surface area (Å²) in [5.74, 6) is -0.449. The topological polar surface area (TPSA) is 75.1 Å². The second kappa shape index (κ2) is 6.58. The van der Waals surface area contributed by atoms with Crippen LogP contribution in [0.5, 0.6) is 0 Å². The zero-order chi connectivity index (χ0) is 13.6. The smallest absolute Gasteiger partial charge is 0.356 e. The number of anilines is 1. The molecule has 1 aromatic heterocycles. The Hall–Kier alpha value is -1.30. The molecule has 0 saturated carbocycles. The highest BCUT2D eigenvalue weighted by molar-refractivity contribution is 8.00. The normalized spacial score (nSPS) is 11.3. The van der Waals surface area contributed by atoms with Crippen LogP contribution < -0.4 is 5.32 Å². The molecule has 1 aromatic rings. The lowest BCUT2D eigenvalue weighted by atomic mass is 10.0. The Balaban J connectivity index is 2.65. The van der Waals surface area contributed by atoms with Crippen molar-refractivity contribution in [2.75, 3.05) is 18.1 Å². The van der Waals surface area contributed by atoms with Gasteiger partial charge in [0, 0.05) is 11.3 Å². The highest BCUT2D eigenvalue weighted by Crippen LogP contribution is 2.30. The van der Waals surface area contributed by atoms with Crippen molar-refractivity contribution in [1.82, 2.24) is 10.2 Å². The third-order valence-corrected chi connectivity index (χ3v) is 4.78. The van der Waals surface area contributed by atoms with Crippen molar-refractivity contribution in [1.29, 1.82) is 0 Å². The molecule has 1 heterocycles. The second-order valence-electron chi connectivity index (χ2n) is 4.06. The summed E-state index contributed by atoms with van der Waals surface area (Å²) in [5, 5.41) is 19.4. The number of aromatic nitrogens is 2. The fourth-order valence-corrected chi connectivity index (χ4v) is 2.45. The van der Waals surface area contributed by atoms with E-state index in [4.69, 9.17) is 5.11 Å². The predicted molar refractivity (Wildman–Crippen MR) is 74.3 cm³/mol. The van der Waals surface area contributed by atoms with E-state index in [0.717, 1.165) is 19.4 Å². The molecule has 0 aromatic carbocycles. The molecule has 0 amide bonds. The van der Waals surface area contributed by atoms with E-state index < -0.39 is 5.97 Å². The molecular formula is C12H19N3O2S. The van der Waals surface area contributed by atoms with Crippen molar-refractivity contribution < 1.29 is 9.90 Å². The lowest BCUT2D eigenvalue weighted by Gasteiger charge is -2.29. The van der Waals surface area contributed by atoms with Gasteiger partial charge in [-0.3, -0.25) is 0 Å². The Morgan fingerprint density at radius 1 is 1.39 bits per heavy atom. The first-order valence-electron chi connectivity index (χ1n) is 5.93. The molecule has 0 saturated heterocycles. The summed E-state index contributed by atoms with van der Waals surface area (Å²) >= 11 is 1.84. The van der Waals surface area contributed by atoms with Crippen LogP contribution in [0, 0.1) is 0 Å². The van der Waals surface area contributed by atoms with E-state index in [2.05, 4.69) is 35.6 Å². The van der Waals surface area contributed by atoms with Gasteiger partial charge >= 0.3 is 5.97 Å². The minimum Gasteiger partial charge on any atom is -0.476 e. The fraction of sp³-hybridized carbons (Fsp3) is 0.583. The fourth-order valence-electron chi connectivity index (χ4n) is 1.65. The van der Waals surface area contributed by atoms with Crippen LogP contribution in [0.3, 0.4) is 0 Å². The predicted octanol–water partition coefficient (Wildman–Crippen LogP) is 2.51. The lowest BCUT2D eigenvalue weighted by Crippen LogP contribution is -2.32. The number of thioether (sulfide) groups is 1. The zero-order valence-corrected chi connectivity index (χ0v) is 11.8. The van der Waals surface area contributed by atoms with Crippen LogP contribution in [-0.4, -0.2) is 38.8 Å². The van der Waals surface area contributed by atoms with Crippen LogP contribution in [0.15, 0.2) is 12.1 Å². The van der Waals surface area contributed by atoms with E-state index in [9.17, 15) is 4.79 Å². The van der Waals surface area contributed by atoms with Gasteiger partial charge < -0.3 is 10.4 Å². The number of nitrogens with one attached hydrogen (secondary N) is 1. The highest BCUT2D eigenvalue weighted by atomic mass is 32.2. The quantitative estimate of drug-likeness (QED) is 0.792. The SMILES string of the molecule is CCC(CC)(CNc1ccc(C(=O)O)nn1)SC. The monoisotopic (exact) mass is 269 g/mol. The Kier molecular flexibility index (Phi) is 5.40. The minimum absolute atomic E-state index is 0.0392. The van der Waals surface area contributed by atoms with Gasteiger partial charge in [-0.05, 0) is 31.2 Å². The largest absolute Gasteiger partial charge is 0.476 e. The van der Waals surface area contributed by atoms with Gasteiger partial charge in [-0.1, -0.05) is 13.8 Å². The number of rotatable bonds is 7. The van der Waals surface area contributed by atoms with Crippen molar-refractivity contribution >= 4 is 23.5 Å². The Morgan fingerprint density at radius 2 is 2.06 bits per heavy atom. The molecule has 0 fully saturated rings. The maximum atomic E-state index is 10.6. The van der Waals surface area contributed by atoms with Crippen LogP contribution in [0.4, 0.5) is 5.82 Å². The summed E-state index contributed by atoms with van der Waals surface area (Å²) in [5.41, 5.74) is -0.0392. The number of hydrogen-bond acceptors (Lipinski definition) is 5. The van der Waals surface area contributed by atoms with Gasteiger partial charge in [-0.25, -0.2) is 4.79 Å².